The van der Waals surface area contributed by atoms with E-state index in [0.29, 0.717) is 5.78 Å². The van der Waals surface area contributed by atoms with Crippen molar-refractivity contribution in [2.45, 2.75) is 0 Å². The van der Waals surface area contributed by atoms with Gasteiger partial charge in [-0.15, -0.1) is 0 Å². The van der Waals surface area contributed by atoms with E-state index in [1.165, 1.54) is 60.4 Å². The summed E-state index contributed by atoms with van der Waals surface area (Å²) in [6.07, 6.45) is 4.09. The molecule has 0 saturated heterocycles. The third kappa shape index (κ3) is 5.33. The van der Waals surface area contributed by atoms with Crippen molar-refractivity contribution in [1.29, 1.82) is 0 Å². The van der Waals surface area contributed by atoms with Crippen LogP contribution in [0.25, 0.3) is 106 Å². The van der Waals surface area contributed by atoms with Gasteiger partial charge < -0.3 is 9.13 Å². The monoisotopic (exact) mass is 753 g/mol. The molecule has 0 bridgehead atoms. The van der Waals surface area contributed by atoms with Crippen molar-refractivity contribution in [2.24, 2.45) is 0 Å². The average molecular weight is 754 g/mol. The van der Waals surface area contributed by atoms with Crippen LogP contribution in [0.2, 0.25) is 0 Å². The van der Waals surface area contributed by atoms with Crippen LogP contribution in [0.4, 0.5) is 0 Å². The summed E-state index contributed by atoms with van der Waals surface area (Å²) in [5, 5.41) is 4.96. The number of benzene rings is 8. The summed E-state index contributed by atoms with van der Waals surface area (Å²) in [5.41, 5.74) is 15.7. The first-order valence-electron chi connectivity index (χ1n) is 20.0. The van der Waals surface area contributed by atoms with Crippen LogP contribution in [0.15, 0.2) is 213 Å². The molecule has 0 radical (unpaired) electrons. The molecule has 0 aliphatic carbocycles. The van der Waals surface area contributed by atoms with E-state index in [9.17, 15) is 0 Å². The molecule has 0 amide bonds. The van der Waals surface area contributed by atoms with Gasteiger partial charge in [0.15, 0.2) is 0 Å². The fourth-order valence-corrected chi connectivity index (χ4v) is 8.99. The Kier molecular flexibility index (Phi) is 7.47. The third-order valence-corrected chi connectivity index (χ3v) is 11.7. The molecule has 0 atom stereocenters. The summed E-state index contributed by atoms with van der Waals surface area (Å²) in [4.78, 5) is 9.88. The van der Waals surface area contributed by atoms with E-state index in [4.69, 9.17) is 9.97 Å². The number of fused-ring (bicyclic) bond motifs is 7. The molecule has 5 heteroatoms. The molecule has 12 rings (SSSR count). The molecule has 0 N–H and O–H groups in total. The predicted molar refractivity (Wildman–Crippen MR) is 243 cm³/mol. The van der Waals surface area contributed by atoms with Crippen LogP contribution < -0.4 is 0 Å². The van der Waals surface area contributed by atoms with E-state index in [0.717, 1.165) is 39.3 Å². The number of nitrogens with zero attached hydrogens (tertiary/aromatic N) is 5. The molecule has 0 aliphatic rings. The molecule has 0 saturated carbocycles. The Balaban J connectivity index is 0.944. The summed E-state index contributed by atoms with van der Waals surface area (Å²) < 4.78 is 6.88. The molecule has 4 heterocycles. The highest BCUT2D eigenvalue weighted by Crippen LogP contribution is 2.39. The minimum absolute atomic E-state index is 0.673. The molecule has 0 unspecified atom stereocenters. The van der Waals surface area contributed by atoms with Gasteiger partial charge in [0.05, 0.1) is 33.5 Å². The summed E-state index contributed by atoms with van der Waals surface area (Å²) in [7, 11) is 0. The van der Waals surface area contributed by atoms with E-state index in [-0.39, 0.29) is 0 Å². The highest BCUT2D eigenvalue weighted by molar-refractivity contribution is 6.12. The van der Waals surface area contributed by atoms with Gasteiger partial charge >= 0.3 is 0 Å². The second-order valence-corrected chi connectivity index (χ2v) is 15.1. The Bertz CT molecular complexity index is 3520. The largest absolute Gasteiger partial charge is 0.309 e. The normalized spacial score (nSPS) is 11.7. The molecule has 5 nitrogen and oxygen atoms in total. The first kappa shape index (κ1) is 33.2. The van der Waals surface area contributed by atoms with Crippen LogP contribution >= 0.6 is 0 Å². The summed E-state index contributed by atoms with van der Waals surface area (Å²) in [5.74, 6) is 0.673. The zero-order valence-corrected chi connectivity index (χ0v) is 31.9. The van der Waals surface area contributed by atoms with Gasteiger partial charge in [0.25, 0.3) is 0 Å². The molecule has 0 fully saturated rings. The lowest BCUT2D eigenvalue weighted by Crippen LogP contribution is -1.95. The minimum atomic E-state index is 0.673. The number of imidazole rings is 1. The molecule has 0 aliphatic heterocycles. The van der Waals surface area contributed by atoms with Crippen molar-refractivity contribution in [1.82, 2.24) is 23.5 Å². The number of hydrogen-bond donors (Lipinski definition) is 0. The summed E-state index contributed by atoms with van der Waals surface area (Å²) in [6.45, 7) is 0. The van der Waals surface area contributed by atoms with Crippen LogP contribution in [-0.4, -0.2) is 23.5 Å². The Labute approximate surface area is 340 Å². The van der Waals surface area contributed by atoms with Gasteiger partial charge in [-0.05, 0) is 77.4 Å². The van der Waals surface area contributed by atoms with Crippen LogP contribution in [0.5, 0.6) is 0 Å². The molecule has 12 aromatic rings. The first-order valence-corrected chi connectivity index (χ1v) is 20.0. The lowest BCUT2D eigenvalue weighted by atomic mass is 10.0. The Morgan fingerprint density at radius 1 is 0.339 bits per heavy atom. The van der Waals surface area contributed by atoms with Crippen molar-refractivity contribution in [3.05, 3.63) is 213 Å². The smallest absolute Gasteiger partial charge is 0.234 e. The number of para-hydroxylation sites is 3. The molecule has 4 aromatic heterocycles. The van der Waals surface area contributed by atoms with Crippen LogP contribution in [0.1, 0.15) is 0 Å². The van der Waals surface area contributed by atoms with E-state index < -0.39 is 0 Å². The summed E-state index contributed by atoms with van der Waals surface area (Å²) in [6, 6.07) is 71.5. The van der Waals surface area contributed by atoms with Crippen molar-refractivity contribution in [3.63, 3.8) is 0 Å². The SMILES string of the molecule is c1ccc(-c2nc3ncc(-c4ccc(-n5c6ccccc6c6cc(-c7ccc8c(c7)c7ccccc7n8-c7ccccc7)ccc65)cc4)cn3c2-c2ccccc2)cc1. The van der Waals surface area contributed by atoms with E-state index in [2.05, 4.69) is 208 Å². The maximum absolute atomic E-state index is 5.01. The molecule has 8 aromatic carbocycles. The third-order valence-electron chi connectivity index (χ3n) is 11.7. The zero-order chi connectivity index (χ0) is 38.9. The maximum atomic E-state index is 5.01. The first-order chi connectivity index (χ1) is 29.3. The Morgan fingerprint density at radius 3 is 1.41 bits per heavy atom. The molecular weight excluding hydrogens is 719 g/mol. The summed E-state index contributed by atoms with van der Waals surface area (Å²) >= 11 is 0. The van der Waals surface area contributed by atoms with Crippen LogP contribution in [0.3, 0.4) is 0 Å². The number of aromatic nitrogens is 5. The highest BCUT2D eigenvalue weighted by atomic mass is 15.1. The number of rotatable bonds is 6. The van der Waals surface area contributed by atoms with Crippen LogP contribution in [-0.2, 0) is 0 Å². The van der Waals surface area contributed by atoms with Gasteiger partial charge in [0.1, 0.15) is 0 Å². The highest BCUT2D eigenvalue weighted by Gasteiger charge is 2.19. The Morgan fingerprint density at radius 2 is 0.814 bits per heavy atom. The van der Waals surface area contributed by atoms with E-state index in [1.54, 1.807) is 0 Å². The quantitative estimate of drug-likeness (QED) is 0.170. The molecule has 59 heavy (non-hydrogen) atoms. The van der Waals surface area contributed by atoms with Gasteiger partial charge in [0.2, 0.25) is 5.78 Å². The van der Waals surface area contributed by atoms with Crippen molar-refractivity contribution < 1.29 is 0 Å². The van der Waals surface area contributed by atoms with Crippen molar-refractivity contribution in [3.8, 4) is 56.1 Å². The zero-order valence-electron chi connectivity index (χ0n) is 31.9. The average Bonchev–Trinajstić information content (AvgIpc) is 3.97. The van der Waals surface area contributed by atoms with Crippen molar-refractivity contribution in [2.75, 3.05) is 0 Å². The topological polar surface area (TPSA) is 40.0 Å². The van der Waals surface area contributed by atoms with E-state index >= 15 is 0 Å². The predicted octanol–water partition coefficient (Wildman–Crippen LogP) is 13.6. The fourth-order valence-electron chi connectivity index (χ4n) is 8.99. The van der Waals surface area contributed by atoms with Gasteiger partial charge in [-0.3, -0.25) is 4.40 Å². The number of hydrogen-bond acceptors (Lipinski definition) is 2. The minimum Gasteiger partial charge on any atom is -0.309 e. The second kappa shape index (κ2) is 13.3. The van der Waals surface area contributed by atoms with Gasteiger partial charge in [0, 0.05) is 62.0 Å². The lowest BCUT2D eigenvalue weighted by Gasteiger charge is -2.11. The van der Waals surface area contributed by atoms with Crippen molar-refractivity contribution >= 4 is 49.4 Å². The second-order valence-electron chi connectivity index (χ2n) is 15.1. The fraction of sp³-hybridized carbons (Fsp3) is 0. The Hall–Kier alpha value is -8.02. The lowest BCUT2D eigenvalue weighted by molar-refractivity contribution is 1.11. The van der Waals surface area contributed by atoms with Gasteiger partial charge in [-0.25, -0.2) is 9.97 Å². The van der Waals surface area contributed by atoms with Gasteiger partial charge in [-0.1, -0.05) is 140 Å². The van der Waals surface area contributed by atoms with Gasteiger partial charge in [-0.2, -0.15) is 0 Å². The standard InChI is InChI=1S/C54H35N5/c1-4-14-37(15-5-1)52-53(38-16-6-2-7-17-38)57-35-41(34-55-54(57)56-52)36-24-28-43(29-25-36)59-49-23-13-11-21-45(49)47-33-40(27-31-51(47)59)39-26-30-50-46(32-39)44-20-10-12-22-48(44)58(50)42-18-8-3-9-19-42/h1-35H. The maximum Gasteiger partial charge on any atom is 0.234 e. The molecule has 0 spiro atoms. The molecule has 276 valence electrons. The molecular formula is C54H35N5. The van der Waals surface area contributed by atoms with E-state index in [1.807, 2.05) is 18.3 Å². The van der Waals surface area contributed by atoms with Crippen LogP contribution in [0, 0.1) is 0 Å².